The third-order valence-electron chi connectivity index (χ3n) is 3.16. The number of hydrogen-bond donors (Lipinski definition) is 1. The van der Waals surface area contributed by atoms with E-state index in [-0.39, 0.29) is 0 Å². The summed E-state index contributed by atoms with van der Waals surface area (Å²) in [5.41, 5.74) is 0. The van der Waals surface area contributed by atoms with Crippen molar-refractivity contribution < 1.29 is 0 Å². The van der Waals surface area contributed by atoms with Gasteiger partial charge in [-0.05, 0) is 19.3 Å². The molecule has 14 heavy (non-hydrogen) atoms. The summed E-state index contributed by atoms with van der Waals surface area (Å²) >= 11 is 0. The minimum Gasteiger partial charge on any atom is -0.337 e. The molecule has 0 aromatic carbocycles. The van der Waals surface area contributed by atoms with Crippen LogP contribution >= 0.6 is 0 Å². The number of nitrogens with zero attached hydrogens (tertiary/aromatic N) is 2. The van der Waals surface area contributed by atoms with Gasteiger partial charge in [0.15, 0.2) is 0 Å². The van der Waals surface area contributed by atoms with Crippen LogP contribution in [0.2, 0.25) is 0 Å². The van der Waals surface area contributed by atoms with E-state index in [1.54, 1.807) is 0 Å². The number of aryl methyl sites for hydroxylation is 1. The van der Waals surface area contributed by atoms with Crippen molar-refractivity contribution in [1.82, 2.24) is 14.9 Å². The predicted molar refractivity (Wildman–Crippen MR) is 56.9 cm³/mol. The zero-order valence-electron chi connectivity index (χ0n) is 9.20. The molecule has 2 rings (SSSR count). The average molecular weight is 193 g/mol. The predicted octanol–water partition coefficient (Wildman–Crippen LogP) is 1.87. The number of nitrogens with one attached hydrogen (secondary N) is 1. The maximum absolute atomic E-state index is 4.35. The summed E-state index contributed by atoms with van der Waals surface area (Å²) in [4.78, 5) is 4.35. The molecular formula is C11H19N3. The molecule has 78 valence electrons. The maximum Gasteiger partial charge on any atom is 0.125 e. The minimum atomic E-state index is 0.372. The van der Waals surface area contributed by atoms with Gasteiger partial charge in [0.25, 0.3) is 0 Å². The zero-order chi connectivity index (χ0) is 10.1. The van der Waals surface area contributed by atoms with Crippen molar-refractivity contribution in [2.45, 2.75) is 38.8 Å². The van der Waals surface area contributed by atoms with Crippen LogP contribution in [0.25, 0.3) is 0 Å². The fourth-order valence-corrected chi connectivity index (χ4v) is 2.09. The first-order valence-corrected chi connectivity index (χ1v) is 5.45. The van der Waals surface area contributed by atoms with Gasteiger partial charge in [0.05, 0.1) is 6.04 Å². The first kappa shape index (κ1) is 9.71. The van der Waals surface area contributed by atoms with Crippen LogP contribution in [0.4, 0.5) is 0 Å². The number of imidazole rings is 1. The van der Waals surface area contributed by atoms with Crippen molar-refractivity contribution in [3.05, 3.63) is 18.2 Å². The van der Waals surface area contributed by atoms with Gasteiger partial charge in [0.1, 0.15) is 5.82 Å². The highest BCUT2D eigenvalue weighted by Crippen LogP contribution is 2.34. The number of hydrogen-bond acceptors (Lipinski definition) is 2. The highest BCUT2D eigenvalue weighted by Gasteiger charge is 2.36. The van der Waals surface area contributed by atoms with Crippen LogP contribution in [-0.4, -0.2) is 15.6 Å². The molecule has 1 aromatic heterocycles. The van der Waals surface area contributed by atoms with Gasteiger partial charge in [0.2, 0.25) is 0 Å². The van der Waals surface area contributed by atoms with E-state index in [9.17, 15) is 0 Å². The van der Waals surface area contributed by atoms with Gasteiger partial charge in [-0.15, -0.1) is 0 Å². The zero-order valence-corrected chi connectivity index (χ0v) is 9.20. The smallest absolute Gasteiger partial charge is 0.125 e. The second kappa shape index (κ2) is 3.73. The van der Waals surface area contributed by atoms with E-state index in [0.717, 1.165) is 17.8 Å². The lowest BCUT2D eigenvalue weighted by atomic mass is 10.3. The minimum absolute atomic E-state index is 0.372. The van der Waals surface area contributed by atoms with Gasteiger partial charge >= 0.3 is 0 Å². The van der Waals surface area contributed by atoms with Crippen LogP contribution < -0.4 is 5.32 Å². The van der Waals surface area contributed by atoms with Crippen LogP contribution in [0.1, 0.15) is 38.6 Å². The summed E-state index contributed by atoms with van der Waals surface area (Å²) in [5, 5.41) is 3.61. The topological polar surface area (TPSA) is 29.9 Å². The summed E-state index contributed by atoms with van der Waals surface area (Å²) in [5.74, 6) is 2.03. The lowest BCUT2D eigenvalue weighted by molar-refractivity contribution is 0.505. The van der Waals surface area contributed by atoms with Crippen molar-refractivity contribution in [3.63, 3.8) is 0 Å². The summed E-state index contributed by atoms with van der Waals surface area (Å²) in [7, 11) is 2.05. The van der Waals surface area contributed by atoms with E-state index >= 15 is 0 Å². The monoisotopic (exact) mass is 193 g/mol. The molecule has 0 amide bonds. The van der Waals surface area contributed by atoms with Crippen molar-refractivity contribution in [2.24, 2.45) is 13.0 Å². The molecular weight excluding hydrogens is 174 g/mol. The molecule has 1 fully saturated rings. The fourth-order valence-electron chi connectivity index (χ4n) is 2.09. The van der Waals surface area contributed by atoms with Crippen LogP contribution in [0.15, 0.2) is 12.4 Å². The second-order valence-electron chi connectivity index (χ2n) is 4.30. The van der Waals surface area contributed by atoms with Gasteiger partial charge in [-0.2, -0.15) is 0 Å². The Morgan fingerprint density at radius 1 is 1.71 bits per heavy atom. The van der Waals surface area contributed by atoms with E-state index in [0.29, 0.717) is 6.04 Å². The second-order valence-corrected chi connectivity index (χ2v) is 4.30. The van der Waals surface area contributed by atoms with Crippen molar-refractivity contribution in [3.8, 4) is 0 Å². The molecule has 3 nitrogen and oxygen atoms in total. The summed E-state index contributed by atoms with van der Waals surface area (Å²) in [6.07, 6.45) is 6.49. The molecule has 1 heterocycles. The first-order valence-electron chi connectivity index (χ1n) is 5.45. The van der Waals surface area contributed by atoms with Crippen molar-refractivity contribution >= 4 is 0 Å². The molecule has 1 saturated carbocycles. The molecule has 1 N–H and O–H groups in total. The Labute approximate surface area is 85.5 Å². The lowest BCUT2D eigenvalue weighted by Gasteiger charge is -2.13. The molecule has 1 aliphatic rings. The molecule has 1 aromatic rings. The van der Waals surface area contributed by atoms with Crippen LogP contribution in [0.3, 0.4) is 0 Å². The summed E-state index contributed by atoms with van der Waals surface area (Å²) in [6.45, 7) is 4.45. The third kappa shape index (κ3) is 1.82. The Kier molecular flexibility index (Phi) is 2.59. The van der Waals surface area contributed by atoms with E-state index in [2.05, 4.69) is 28.7 Å². The molecule has 0 aliphatic heterocycles. The molecule has 1 aliphatic carbocycles. The van der Waals surface area contributed by atoms with E-state index in [4.69, 9.17) is 0 Å². The van der Waals surface area contributed by atoms with E-state index in [1.807, 2.05) is 19.4 Å². The van der Waals surface area contributed by atoms with Gasteiger partial charge < -0.3 is 9.88 Å². The standard InChI is InChI=1S/C11H19N3/c1-4-9-7-10(9)13-8(2)11-12-5-6-14(11)3/h5-6,8-10,13H,4,7H2,1-3H3. The Morgan fingerprint density at radius 2 is 2.50 bits per heavy atom. The number of aromatic nitrogens is 2. The Bertz CT molecular complexity index is 305. The molecule has 0 saturated heterocycles. The highest BCUT2D eigenvalue weighted by molar-refractivity contribution is 5.01. The van der Waals surface area contributed by atoms with Crippen LogP contribution in [0.5, 0.6) is 0 Å². The SMILES string of the molecule is CCC1CC1NC(C)c1nccn1C. The normalized spacial score (nSPS) is 27.6. The molecule has 0 bridgehead atoms. The van der Waals surface area contributed by atoms with Gasteiger partial charge in [-0.1, -0.05) is 13.3 Å². The molecule has 3 atom stereocenters. The lowest BCUT2D eigenvalue weighted by Crippen LogP contribution is -2.24. The van der Waals surface area contributed by atoms with Gasteiger partial charge in [-0.3, -0.25) is 0 Å². The average Bonchev–Trinajstić information content (AvgIpc) is 2.77. The highest BCUT2D eigenvalue weighted by atomic mass is 15.1. The van der Waals surface area contributed by atoms with Crippen molar-refractivity contribution in [2.75, 3.05) is 0 Å². The summed E-state index contributed by atoms with van der Waals surface area (Å²) in [6, 6.07) is 1.10. The first-order chi connectivity index (χ1) is 6.72. The van der Waals surface area contributed by atoms with Crippen LogP contribution in [0, 0.1) is 5.92 Å². The molecule has 3 unspecified atom stereocenters. The maximum atomic E-state index is 4.35. The molecule has 0 spiro atoms. The Hall–Kier alpha value is -0.830. The van der Waals surface area contributed by atoms with Gasteiger partial charge in [0, 0.05) is 25.5 Å². The quantitative estimate of drug-likeness (QED) is 0.791. The fraction of sp³-hybridized carbons (Fsp3) is 0.727. The Morgan fingerprint density at radius 3 is 3.00 bits per heavy atom. The number of rotatable bonds is 4. The van der Waals surface area contributed by atoms with Crippen molar-refractivity contribution in [1.29, 1.82) is 0 Å². The largest absolute Gasteiger partial charge is 0.337 e. The molecule has 0 radical (unpaired) electrons. The van der Waals surface area contributed by atoms with E-state index in [1.165, 1.54) is 12.8 Å². The van der Waals surface area contributed by atoms with Gasteiger partial charge in [-0.25, -0.2) is 4.98 Å². The summed E-state index contributed by atoms with van der Waals surface area (Å²) < 4.78 is 2.08. The Balaban J connectivity index is 1.91. The van der Waals surface area contributed by atoms with Crippen LogP contribution in [-0.2, 0) is 7.05 Å². The third-order valence-corrected chi connectivity index (χ3v) is 3.16. The molecule has 3 heteroatoms. The van der Waals surface area contributed by atoms with E-state index < -0.39 is 0 Å².